The average molecular weight is 481 g/mol. The number of rotatable bonds is 7. The van der Waals surface area contributed by atoms with Crippen LogP contribution in [0.15, 0.2) is 67.0 Å². The number of aromatic nitrogens is 4. The summed E-state index contributed by atoms with van der Waals surface area (Å²) in [6, 6.07) is 13.9. The van der Waals surface area contributed by atoms with Gasteiger partial charge in [-0.05, 0) is 49.2 Å². The molecule has 4 rings (SSSR count). The van der Waals surface area contributed by atoms with Crippen LogP contribution in [0.25, 0.3) is 5.69 Å². The van der Waals surface area contributed by atoms with Crippen LogP contribution in [0.4, 0.5) is 13.2 Å². The van der Waals surface area contributed by atoms with Gasteiger partial charge in [0.05, 0.1) is 34.7 Å². The van der Waals surface area contributed by atoms with E-state index in [1.54, 1.807) is 17.8 Å². The van der Waals surface area contributed by atoms with Gasteiger partial charge in [-0.25, -0.2) is 4.68 Å². The van der Waals surface area contributed by atoms with Crippen molar-refractivity contribution in [2.75, 3.05) is 0 Å². The average Bonchev–Trinajstić information content (AvgIpc) is 3.44. The van der Waals surface area contributed by atoms with Crippen molar-refractivity contribution in [2.24, 2.45) is 0 Å². The maximum Gasteiger partial charge on any atom is 0.416 e. The van der Waals surface area contributed by atoms with Gasteiger partial charge in [-0.2, -0.15) is 23.4 Å². The number of carbonyl (C=O) groups excluding carboxylic acids is 2. The molecule has 0 fully saturated rings. The largest absolute Gasteiger partial charge is 0.416 e. The van der Waals surface area contributed by atoms with Crippen LogP contribution in [0.5, 0.6) is 0 Å². The Bertz CT molecular complexity index is 1370. The fourth-order valence-corrected chi connectivity index (χ4v) is 3.86. The van der Waals surface area contributed by atoms with E-state index in [2.05, 4.69) is 15.5 Å². The highest BCUT2D eigenvalue weighted by molar-refractivity contribution is 6.43. The number of aryl methyl sites for hydroxylation is 1. The number of ketones is 1. The summed E-state index contributed by atoms with van der Waals surface area (Å²) in [5.74, 6) is -1.63. The molecule has 0 bridgehead atoms. The van der Waals surface area contributed by atoms with E-state index in [0.717, 1.165) is 23.3 Å². The van der Waals surface area contributed by atoms with Crippen LogP contribution >= 0.6 is 0 Å². The Balaban J connectivity index is 1.52. The Labute approximate surface area is 199 Å². The van der Waals surface area contributed by atoms with Crippen LogP contribution in [-0.4, -0.2) is 31.3 Å². The summed E-state index contributed by atoms with van der Waals surface area (Å²) >= 11 is 0. The van der Waals surface area contributed by atoms with E-state index in [0.29, 0.717) is 6.54 Å². The molecule has 7 nitrogen and oxygen atoms in total. The summed E-state index contributed by atoms with van der Waals surface area (Å²) in [5, 5.41) is 11.1. The molecule has 0 aliphatic heterocycles. The van der Waals surface area contributed by atoms with Gasteiger partial charge < -0.3 is 5.32 Å². The Morgan fingerprint density at radius 2 is 1.74 bits per heavy atom. The predicted molar refractivity (Wildman–Crippen MR) is 122 cm³/mol. The smallest absolute Gasteiger partial charge is 0.345 e. The SMILES string of the molecule is Cc1nn(-c2cccc(C(F)(F)F)c2)c(C)c1C(=O)C(=O)NCc1ccccc1Cn1cccn1. The molecule has 1 amide bonds. The minimum Gasteiger partial charge on any atom is -0.345 e. The van der Waals surface area contributed by atoms with E-state index in [1.165, 1.54) is 23.7 Å². The quantitative estimate of drug-likeness (QED) is 0.316. The Kier molecular flexibility index (Phi) is 6.54. The van der Waals surface area contributed by atoms with Crippen LogP contribution in [0, 0.1) is 13.8 Å². The Hall–Kier alpha value is -4.21. The van der Waals surface area contributed by atoms with E-state index < -0.39 is 23.4 Å². The molecule has 2 aromatic carbocycles. The second-order valence-corrected chi connectivity index (χ2v) is 7.99. The van der Waals surface area contributed by atoms with Crippen molar-refractivity contribution in [3.63, 3.8) is 0 Å². The highest BCUT2D eigenvalue weighted by Gasteiger charge is 2.31. The second-order valence-electron chi connectivity index (χ2n) is 7.99. The lowest BCUT2D eigenvalue weighted by molar-refractivity contribution is -0.137. The summed E-state index contributed by atoms with van der Waals surface area (Å²) in [7, 11) is 0. The molecule has 4 aromatic rings. The van der Waals surface area contributed by atoms with Crippen molar-refractivity contribution in [1.29, 1.82) is 0 Å². The number of halogens is 3. The third-order valence-electron chi connectivity index (χ3n) is 5.59. The van der Waals surface area contributed by atoms with Crippen molar-refractivity contribution in [2.45, 2.75) is 33.1 Å². The van der Waals surface area contributed by atoms with Gasteiger partial charge in [0, 0.05) is 18.9 Å². The third-order valence-corrected chi connectivity index (χ3v) is 5.59. The molecule has 180 valence electrons. The van der Waals surface area contributed by atoms with Gasteiger partial charge in [0.25, 0.3) is 11.7 Å². The van der Waals surface area contributed by atoms with Crippen LogP contribution in [0.1, 0.15) is 38.4 Å². The van der Waals surface area contributed by atoms with Crippen molar-refractivity contribution >= 4 is 11.7 Å². The zero-order valence-electron chi connectivity index (χ0n) is 19.0. The molecule has 2 heterocycles. The first-order valence-electron chi connectivity index (χ1n) is 10.8. The number of hydrogen-bond acceptors (Lipinski definition) is 4. The first kappa shape index (κ1) is 23.9. The van der Waals surface area contributed by atoms with Crippen molar-refractivity contribution in [3.05, 3.63) is 101 Å². The molecule has 35 heavy (non-hydrogen) atoms. The molecule has 0 atom stereocenters. The summed E-state index contributed by atoms with van der Waals surface area (Å²) in [5.41, 5.74) is 1.67. The van der Waals surface area contributed by atoms with Crippen LogP contribution < -0.4 is 5.32 Å². The number of nitrogens with zero attached hydrogens (tertiary/aromatic N) is 4. The lowest BCUT2D eigenvalue weighted by Gasteiger charge is -2.11. The molecular weight excluding hydrogens is 459 g/mol. The van der Waals surface area contributed by atoms with Crippen LogP contribution in [-0.2, 0) is 24.1 Å². The van der Waals surface area contributed by atoms with Crippen molar-refractivity contribution < 1.29 is 22.8 Å². The van der Waals surface area contributed by atoms with Crippen LogP contribution in [0.2, 0.25) is 0 Å². The number of carbonyl (C=O) groups is 2. The highest BCUT2D eigenvalue weighted by Crippen LogP contribution is 2.31. The van der Waals surface area contributed by atoms with E-state index in [1.807, 2.05) is 36.5 Å². The number of alkyl halides is 3. The summed E-state index contributed by atoms with van der Waals surface area (Å²) in [6.07, 6.45) is -1.02. The van der Waals surface area contributed by atoms with Gasteiger partial charge >= 0.3 is 6.18 Å². The number of Topliss-reactive ketones (excluding diaryl/α,β-unsaturated/α-hetero) is 1. The first-order chi connectivity index (χ1) is 16.6. The second kappa shape index (κ2) is 9.57. The molecule has 0 unspecified atom stereocenters. The number of benzene rings is 2. The number of amides is 1. The molecule has 2 aromatic heterocycles. The molecule has 0 aliphatic carbocycles. The fraction of sp³-hybridized carbons (Fsp3) is 0.200. The first-order valence-corrected chi connectivity index (χ1v) is 10.8. The molecular formula is C25H22F3N5O2. The van der Waals surface area contributed by atoms with Crippen molar-refractivity contribution in [1.82, 2.24) is 24.9 Å². The zero-order chi connectivity index (χ0) is 25.2. The summed E-state index contributed by atoms with van der Waals surface area (Å²) in [4.78, 5) is 25.7. The standard InChI is InChI=1S/C25H22F3N5O2/c1-16-22(17(2)33(31-16)21-10-5-9-20(13-21)25(26,27)28)23(34)24(35)29-14-18-7-3-4-8-19(18)15-32-12-6-11-30-32/h3-13H,14-15H2,1-2H3,(H,29,35). The van der Waals surface area contributed by atoms with Gasteiger partial charge in [0.15, 0.2) is 0 Å². The predicted octanol–water partition coefficient (Wildman–Crippen LogP) is 4.25. The van der Waals surface area contributed by atoms with Crippen LogP contribution in [0.3, 0.4) is 0 Å². The van der Waals surface area contributed by atoms with E-state index in [-0.39, 0.29) is 29.2 Å². The molecule has 0 radical (unpaired) electrons. The van der Waals surface area contributed by atoms with Gasteiger partial charge in [-0.3, -0.25) is 14.3 Å². The topological polar surface area (TPSA) is 81.8 Å². The summed E-state index contributed by atoms with van der Waals surface area (Å²) in [6.45, 7) is 3.72. The molecule has 1 N–H and O–H groups in total. The maximum atomic E-state index is 13.1. The Morgan fingerprint density at radius 3 is 2.43 bits per heavy atom. The summed E-state index contributed by atoms with van der Waals surface area (Å²) < 4.78 is 42.4. The van der Waals surface area contributed by atoms with Gasteiger partial charge in [-0.1, -0.05) is 30.3 Å². The van der Waals surface area contributed by atoms with E-state index >= 15 is 0 Å². The molecule has 0 saturated carbocycles. The van der Waals surface area contributed by atoms with Gasteiger partial charge in [0.1, 0.15) is 0 Å². The highest BCUT2D eigenvalue weighted by atomic mass is 19.4. The van der Waals surface area contributed by atoms with E-state index in [9.17, 15) is 22.8 Å². The molecule has 10 heteroatoms. The maximum absolute atomic E-state index is 13.1. The molecule has 0 spiro atoms. The normalized spacial score (nSPS) is 11.5. The fourth-order valence-electron chi connectivity index (χ4n) is 3.86. The minimum absolute atomic E-state index is 0.0599. The zero-order valence-corrected chi connectivity index (χ0v) is 19.0. The third kappa shape index (κ3) is 5.16. The Morgan fingerprint density at radius 1 is 1.00 bits per heavy atom. The lowest BCUT2D eigenvalue weighted by Crippen LogP contribution is -2.31. The monoisotopic (exact) mass is 481 g/mol. The number of hydrogen-bond donors (Lipinski definition) is 1. The number of nitrogens with one attached hydrogen (secondary N) is 1. The van der Waals surface area contributed by atoms with Gasteiger partial charge in [-0.15, -0.1) is 0 Å². The van der Waals surface area contributed by atoms with E-state index in [4.69, 9.17) is 0 Å². The minimum atomic E-state index is -4.52. The molecule has 0 aliphatic rings. The van der Waals surface area contributed by atoms with Crippen molar-refractivity contribution in [3.8, 4) is 5.69 Å². The molecule has 0 saturated heterocycles. The van der Waals surface area contributed by atoms with Gasteiger partial charge in [0.2, 0.25) is 0 Å². The lowest BCUT2D eigenvalue weighted by atomic mass is 10.1.